The zero-order chi connectivity index (χ0) is 54.3. The number of anilines is 1. The maximum Gasteiger partial charge on any atom is 0.410 e. The van der Waals surface area contributed by atoms with Crippen LogP contribution in [0.3, 0.4) is 0 Å². The molecule has 408 valence electrons. The number of nitrogens with zero attached hydrogens (tertiary/aromatic N) is 4. The van der Waals surface area contributed by atoms with E-state index in [1.165, 1.54) is 34.3 Å². The third-order valence-corrected chi connectivity index (χ3v) is 16.5. The maximum absolute atomic E-state index is 13.0. The lowest BCUT2D eigenvalue weighted by atomic mass is 9.99. The highest BCUT2D eigenvalue weighted by Gasteiger charge is 2.34. The summed E-state index contributed by atoms with van der Waals surface area (Å²) in [4.78, 5) is 67.0. The number of carbonyl (C=O) groups is 4. The summed E-state index contributed by atoms with van der Waals surface area (Å²) in [7, 11) is 3.33. The second kappa shape index (κ2) is 24.6. The Bertz CT molecular complexity index is 3010. The van der Waals surface area contributed by atoms with Crippen molar-refractivity contribution < 1.29 is 57.1 Å². The second-order valence-electron chi connectivity index (χ2n) is 20.2. The van der Waals surface area contributed by atoms with Crippen molar-refractivity contribution in [3.8, 4) is 44.1 Å². The number of carbonyl (C=O) groups excluding carboxylic acids is 4. The number of nitrogens with two attached hydrogens (primary N) is 1. The van der Waals surface area contributed by atoms with Gasteiger partial charge in [-0.3, -0.25) is 9.59 Å². The van der Waals surface area contributed by atoms with Gasteiger partial charge in [0.2, 0.25) is 19.5 Å². The first-order chi connectivity index (χ1) is 36.3. The topological polar surface area (TPSA) is 212 Å². The minimum absolute atomic E-state index is 0.212. The van der Waals surface area contributed by atoms with Crippen molar-refractivity contribution >= 4 is 94.7 Å². The summed E-state index contributed by atoms with van der Waals surface area (Å²) >= 11 is 6.23. The van der Waals surface area contributed by atoms with Gasteiger partial charge < -0.3 is 58.7 Å². The van der Waals surface area contributed by atoms with Gasteiger partial charge in [-0.1, -0.05) is 13.0 Å². The molecule has 0 radical (unpaired) electrons. The van der Waals surface area contributed by atoms with Crippen molar-refractivity contribution in [1.29, 1.82) is 0 Å². The van der Waals surface area contributed by atoms with Gasteiger partial charge in [0.05, 0.1) is 40.1 Å². The standard InChI is InChI=1S/C28H34N2O6S2.C23H23N3O5S2.C3H9NO/c1-28(2,3)36-27(32)30-10-9-18-24(15-30)37-23(12-17(31)8-6-5-7-11-33-4)25(18)26-29-19-13-20-21(35-16-34-20)14-22(19)38-26;1-5-18(27)25-21-19(20-24-13-8-14-15(30-11-29-14)9-16(13)32-20)12-6-7-26(10-17(12)33-21)22(28)31-23(2,3)4;1-5-3-2-4/h13-14H,5-12,15-16H2,1-4H3;5,8-9H,1,6-7,10-11H2,2-4H3,(H,25,27);2-4H2,1H3. The molecule has 22 heteroatoms. The molecule has 18 nitrogen and oxygen atoms in total. The van der Waals surface area contributed by atoms with Crippen LogP contribution in [-0.4, -0.2) is 116 Å². The zero-order valence-corrected chi connectivity index (χ0v) is 47.6. The lowest BCUT2D eigenvalue weighted by Gasteiger charge is -2.30. The van der Waals surface area contributed by atoms with E-state index in [0.717, 1.165) is 93.4 Å². The van der Waals surface area contributed by atoms with Gasteiger partial charge in [-0.2, -0.15) is 0 Å². The number of amides is 3. The third kappa shape index (κ3) is 13.8. The number of Topliss-reactive ketones (excluding diaryl/α,β-unsaturated/α-hetero) is 1. The molecule has 0 saturated carbocycles. The normalized spacial score (nSPS) is 14.3. The van der Waals surface area contributed by atoms with Gasteiger partial charge in [0.15, 0.2) is 23.0 Å². The summed E-state index contributed by atoms with van der Waals surface area (Å²) < 4.78 is 44.9. The highest BCUT2D eigenvalue weighted by atomic mass is 32.1. The Kier molecular flexibility index (Phi) is 18.3. The van der Waals surface area contributed by atoms with E-state index in [2.05, 4.69) is 16.6 Å². The Balaban J connectivity index is 0.000000186. The Morgan fingerprint density at radius 3 is 1.68 bits per heavy atom. The molecule has 0 fully saturated rings. The molecule has 0 unspecified atom stereocenters. The van der Waals surface area contributed by atoms with Gasteiger partial charge in [0.25, 0.3) is 0 Å². The highest BCUT2D eigenvalue weighted by molar-refractivity contribution is 7.23. The SMILES string of the molecule is C=CC(=O)Nc1sc2c(c1-c1nc3cc4c(cc3s1)OCO4)CCN(C(=O)OC(C)(C)C)C2.COCCCCCC(=O)Cc1sc2c(c1-c1nc3cc4c(cc3s1)OCO4)CCN(C(=O)OC(C)(C)C)C2.COCCN. The summed E-state index contributed by atoms with van der Waals surface area (Å²) in [6.45, 7) is 19.2. The summed E-state index contributed by atoms with van der Waals surface area (Å²) in [5.41, 5.74) is 9.82. The molecule has 3 amide bonds. The van der Waals surface area contributed by atoms with Crippen LogP contribution in [0.2, 0.25) is 0 Å². The van der Waals surface area contributed by atoms with Crippen LogP contribution < -0.4 is 30.0 Å². The smallest absolute Gasteiger partial charge is 0.410 e. The van der Waals surface area contributed by atoms with Crippen molar-refractivity contribution in [2.45, 2.75) is 111 Å². The first kappa shape index (κ1) is 56.3. The van der Waals surface area contributed by atoms with Crippen molar-refractivity contribution in [3.63, 3.8) is 0 Å². The fraction of sp³-hybridized carbons (Fsp3) is 0.481. The molecular weight excluding hydrogens is 1050 g/mol. The van der Waals surface area contributed by atoms with Crippen LogP contribution in [0.15, 0.2) is 36.9 Å². The summed E-state index contributed by atoms with van der Waals surface area (Å²) in [6, 6.07) is 7.71. The molecule has 4 aromatic heterocycles. The molecule has 0 aliphatic carbocycles. The van der Waals surface area contributed by atoms with E-state index in [0.29, 0.717) is 87.3 Å². The van der Waals surface area contributed by atoms with Crippen molar-refractivity contribution in [2.24, 2.45) is 5.73 Å². The van der Waals surface area contributed by atoms with Gasteiger partial charge in [0, 0.05) is 103 Å². The van der Waals surface area contributed by atoms with Crippen LogP contribution in [0.4, 0.5) is 14.6 Å². The second-order valence-corrected chi connectivity index (χ2v) is 24.5. The van der Waals surface area contributed by atoms with E-state index in [1.54, 1.807) is 46.7 Å². The number of ketones is 1. The number of nitrogens with one attached hydrogen (secondary N) is 1. The van der Waals surface area contributed by atoms with Gasteiger partial charge in [-0.15, -0.1) is 45.3 Å². The molecule has 3 N–H and O–H groups in total. The number of thiophene rings is 2. The minimum atomic E-state index is -0.560. The first-order valence-corrected chi connectivity index (χ1v) is 28.4. The molecule has 6 aromatic rings. The summed E-state index contributed by atoms with van der Waals surface area (Å²) in [5.74, 6) is 2.77. The number of hydrogen-bond acceptors (Lipinski definition) is 19. The molecule has 0 bridgehead atoms. The van der Waals surface area contributed by atoms with Crippen LogP contribution in [0, 0.1) is 0 Å². The molecule has 0 saturated heterocycles. The Morgan fingerprint density at radius 1 is 0.697 bits per heavy atom. The number of unbranched alkanes of at least 4 members (excludes halogenated alkanes) is 2. The molecule has 10 rings (SSSR count). The average Bonchev–Trinajstić information content (AvgIpc) is 4.26. The van der Waals surface area contributed by atoms with E-state index in [1.807, 2.05) is 65.8 Å². The van der Waals surface area contributed by atoms with Crippen LogP contribution in [0.25, 0.3) is 41.6 Å². The van der Waals surface area contributed by atoms with Crippen molar-refractivity contribution in [3.05, 3.63) is 62.7 Å². The number of benzene rings is 2. The van der Waals surface area contributed by atoms with E-state index >= 15 is 0 Å². The molecule has 8 heterocycles. The molecule has 4 aliphatic rings. The largest absolute Gasteiger partial charge is 0.454 e. The number of rotatable bonds is 14. The number of aromatic nitrogens is 2. The molecule has 0 atom stereocenters. The van der Waals surface area contributed by atoms with Crippen LogP contribution in [0.1, 0.15) is 93.0 Å². The predicted octanol–water partition coefficient (Wildman–Crippen LogP) is 11.1. The Morgan fingerprint density at radius 2 is 1.20 bits per heavy atom. The average molecular weight is 1120 g/mol. The third-order valence-electron chi connectivity index (χ3n) is 12.1. The van der Waals surface area contributed by atoms with Gasteiger partial charge >= 0.3 is 12.2 Å². The summed E-state index contributed by atoms with van der Waals surface area (Å²) in [5, 5.41) is 5.34. The minimum Gasteiger partial charge on any atom is -0.454 e. The van der Waals surface area contributed by atoms with Gasteiger partial charge in [-0.25, -0.2) is 19.6 Å². The van der Waals surface area contributed by atoms with E-state index < -0.39 is 11.2 Å². The molecule has 2 aromatic carbocycles. The van der Waals surface area contributed by atoms with Crippen molar-refractivity contribution in [1.82, 2.24) is 19.8 Å². The lowest BCUT2D eigenvalue weighted by molar-refractivity contribution is -0.118. The first-order valence-electron chi connectivity index (χ1n) is 25.1. The molecule has 4 aliphatic heterocycles. The molecular formula is C54H66N6O12S4. The Hall–Kier alpha value is -5.88. The van der Waals surface area contributed by atoms with Crippen molar-refractivity contribution in [2.75, 3.05) is 66.0 Å². The summed E-state index contributed by atoms with van der Waals surface area (Å²) in [6.07, 6.45) is 5.67. The van der Waals surface area contributed by atoms with Gasteiger partial charge in [-0.05, 0) is 84.4 Å². The predicted molar refractivity (Wildman–Crippen MR) is 298 cm³/mol. The Labute approximate surface area is 458 Å². The number of thiazole rings is 2. The lowest BCUT2D eigenvalue weighted by Crippen LogP contribution is -2.39. The molecule has 0 spiro atoms. The van der Waals surface area contributed by atoms with Crippen LogP contribution in [0.5, 0.6) is 23.0 Å². The monoisotopic (exact) mass is 1120 g/mol. The fourth-order valence-electron chi connectivity index (χ4n) is 8.66. The van der Waals surface area contributed by atoms with E-state index in [4.69, 9.17) is 48.9 Å². The zero-order valence-electron chi connectivity index (χ0n) is 44.3. The van der Waals surface area contributed by atoms with Crippen LogP contribution in [-0.2, 0) is 60.9 Å². The quantitative estimate of drug-likeness (QED) is 0.0767. The fourth-order valence-corrected chi connectivity index (χ4v) is 13.6. The maximum atomic E-state index is 13.0. The van der Waals surface area contributed by atoms with E-state index in [-0.39, 0.29) is 37.5 Å². The molecule has 76 heavy (non-hydrogen) atoms. The number of hydrogen-bond donors (Lipinski definition) is 2. The number of ether oxygens (including phenoxy) is 8. The highest BCUT2D eigenvalue weighted by Crippen LogP contribution is 2.49. The van der Waals surface area contributed by atoms with E-state index in [9.17, 15) is 19.2 Å². The number of fused-ring (bicyclic) bond motifs is 6. The number of methoxy groups -OCH3 is 2. The van der Waals surface area contributed by atoms with Gasteiger partial charge in [0.1, 0.15) is 32.0 Å². The van der Waals surface area contributed by atoms with Crippen LogP contribution >= 0.6 is 45.3 Å².